The van der Waals surface area contributed by atoms with E-state index >= 15 is 0 Å². The fourth-order valence-electron chi connectivity index (χ4n) is 0.793. The standard InChI is InChI=1S/C8H10N2.H3N/c1-4-8-5-9-7(3)10-6(8)2;/h4-5H,1H2,2-3H3;1H3. The first-order valence-corrected chi connectivity index (χ1v) is 3.16. The third-order valence-electron chi connectivity index (χ3n) is 1.36. The normalized spacial score (nSPS) is 8.55. The average Bonchev–Trinajstić information content (AvgIpc) is 1.88. The van der Waals surface area contributed by atoms with Crippen LogP contribution in [0.2, 0.25) is 0 Å². The Morgan fingerprint density at radius 1 is 1.45 bits per heavy atom. The molecule has 1 aromatic rings. The second-order valence-electron chi connectivity index (χ2n) is 2.16. The fourth-order valence-corrected chi connectivity index (χ4v) is 0.793. The van der Waals surface area contributed by atoms with Gasteiger partial charge in [-0.2, -0.15) is 0 Å². The predicted octanol–water partition coefficient (Wildman–Crippen LogP) is 1.90. The van der Waals surface area contributed by atoms with E-state index in [0.29, 0.717) is 0 Å². The van der Waals surface area contributed by atoms with Gasteiger partial charge in [-0.15, -0.1) is 0 Å². The zero-order chi connectivity index (χ0) is 7.56. The van der Waals surface area contributed by atoms with Gasteiger partial charge in [0.05, 0.1) is 0 Å². The maximum absolute atomic E-state index is 4.16. The van der Waals surface area contributed by atoms with Crippen LogP contribution >= 0.6 is 0 Å². The van der Waals surface area contributed by atoms with Gasteiger partial charge >= 0.3 is 0 Å². The smallest absolute Gasteiger partial charge is 0.125 e. The lowest BCUT2D eigenvalue weighted by Gasteiger charge is -1.97. The van der Waals surface area contributed by atoms with E-state index in [1.807, 2.05) is 13.8 Å². The van der Waals surface area contributed by atoms with Crippen LogP contribution in [0.15, 0.2) is 12.8 Å². The molecular formula is C8H13N3. The molecule has 1 aromatic heterocycles. The third-order valence-corrected chi connectivity index (χ3v) is 1.36. The summed E-state index contributed by atoms with van der Waals surface area (Å²) in [5.41, 5.74) is 1.99. The van der Waals surface area contributed by atoms with Crippen molar-refractivity contribution in [1.82, 2.24) is 16.1 Å². The molecule has 0 aromatic carbocycles. The molecule has 60 valence electrons. The molecule has 11 heavy (non-hydrogen) atoms. The average molecular weight is 151 g/mol. The molecule has 0 aliphatic carbocycles. The topological polar surface area (TPSA) is 60.8 Å². The van der Waals surface area contributed by atoms with Crippen LogP contribution in [0.3, 0.4) is 0 Å². The Bertz CT molecular complexity index is 256. The van der Waals surface area contributed by atoms with E-state index in [2.05, 4.69) is 16.5 Å². The summed E-state index contributed by atoms with van der Waals surface area (Å²) in [4.78, 5) is 8.19. The van der Waals surface area contributed by atoms with Crippen molar-refractivity contribution in [3.05, 3.63) is 29.9 Å². The van der Waals surface area contributed by atoms with Gasteiger partial charge < -0.3 is 6.15 Å². The summed E-state index contributed by atoms with van der Waals surface area (Å²) < 4.78 is 0. The van der Waals surface area contributed by atoms with Crippen molar-refractivity contribution in [1.29, 1.82) is 0 Å². The van der Waals surface area contributed by atoms with Crippen LogP contribution in [-0.2, 0) is 0 Å². The van der Waals surface area contributed by atoms with E-state index in [-0.39, 0.29) is 6.15 Å². The van der Waals surface area contributed by atoms with Crippen LogP contribution in [0.25, 0.3) is 6.08 Å². The molecule has 3 nitrogen and oxygen atoms in total. The van der Waals surface area contributed by atoms with E-state index in [1.165, 1.54) is 0 Å². The zero-order valence-corrected chi connectivity index (χ0v) is 6.96. The maximum atomic E-state index is 4.16. The van der Waals surface area contributed by atoms with Gasteiger partial charge in [-0.05, 0) is 13.8 Å². The van der Waals surface area contributed by atoms with Gasteiger partial charge in [-0.3, -0.25) is 0 Å². The minimum Gasteiger partial charge on any atom is -0.344 e. The molecule has 0 saturated carbocycles. The molecule has 0 saturated heterocycles. The van der Waals surface area contributed by atoms with Crippen molar-refractivity contribution in [3.63, 3.8) is 0 Å². The molecule has 0 radical (unpaired) electrons. The monoisotopic (exact) mass is 151 g/mol. The lowest BCUT2D eigenvalue weighted by molar-refractivity contribution is 1.00. The van der Waals surface area contributed by atoms with Gasteiger partial charge in [0.15, 0.2) is 0 Å². The van der Waals surface area contributed by atoms with Crippen molar-refractivity contribution in [2.45, 2.75) is 13.8 Å². The van der Waals surface area contributed by atoms with Crippen LogP contribution in [0.4, 0.5) is 0 Å². The van der Waals surface area contributed by atoms with Gasteiger partial charge in [0, 0.05) is 17.5 Å². The summed E-state index contributed by atoms with van der Waals surface area (Å²) in [6.45, 7) is 7.47. The Morgan fingerprint density at radius 2 is 2.09 bits per heavy atom. The highest BCUT2D eigenvalue weighted by Gasteiger charge is 1.94. The summed E-state index contributed by atoms with van der Waals surface area (Å²) in [6, 6.07) is 0. The molecule has 0 aliphatic rings. The first-order chi connectivity index (χ1) is 4.74. The highest BCUT2D eigenvalue weighted by Crippen LogP contribution is 2.03. The van der Waals surface area contributed by atoms with Crippen LogP contribution in [0, 0.1) is 13.8 Å². The Kier molecular flexibility index (Phi) is 3.40. The number of aromatic nitrogens is 2. The predicted molar refractivity (Wildman–Crippen MR) is 46.6 cm³/mol. The Balaban J connectivity index is 0.000001000. The largest absolute Gasteiger partial charge is 0.344 e. The SMILES string of the molecule is C=Cc1cnc(C)nc1C.N. The van der Waals surface area contributed by atoms with Gasteiger partial charge in [0.2, 0.25) is 0 Å². The molecule has 0 fully saturated rings. The molecular weight excluding hydrogens is 138 g/mol. The van der Waals surface area contributed by atoms with Crippen LogP contribution in [0.1, 0.15) is 17.1 Å². The molecule has 1 heterocycles. The Morgan fingerprint density at radius 3 is 2.55 bits per heavy atom. The second-order valence-corrected chi connectivity index (χ2v) is 2.16. The van der Waals surface area contributed by atoms with E-state index in [4.69, 9.17) is 0 Å². The highest BCUT2D eigenvalue weighted by molar-refractivity contribution is 5.47. The molecule has 1 rings (SSSR count). The second kappa shape index (κ2) is 3.83. The van der Waals surface area contributed by atoms with Gasteiger partial charge in [0.25, 0.3) is 0 Å². The highest BCUT2D eigenvalue weighted by atomic mass is 14.9. The summed E-state index contributed by atoms with van der Waals surface area (Å²) in [7, 11) is 0. The van der Waals surface area contributed by atoms with E-state index in [0.717, 1.165) is 17.1 Å². The maximum Gasteiger partial charge on any atom is 0.125 e. The summed E-state index contributed by atoms with van der Waals surface area (Å²) in [5, 5.41) is 0. The Hall–Kier alpha value is -1.22. The number of hydrogen-bond donors (Lipinski definition) is 1. The number of nitrogens with zero attached hydrogens (tertiary/aromatic N) is 2. The number of aryl methyl sites for hydroxylation is 2. The number of hydrogen-bond acceptors (Lipinski definition) is 3. The molecule has 0 atom stereocenters. The molecule has 0 spiro atoms. The van der Waals surface area contributed by atoms with E-state index in [9.17, 15) is 0 Å². The minimum atomic E-state index is 0. The molecule has 3 heteroatoms. The summed E-state index contributed by atoms with van der Waals surface area (Å²) >= 11 is 0. The first kappa shape index (κ1) is 9.78. The van der Waals surface area contributed by atoms with E-state index in [1.54, 1.807) is 12.3 Å². The minimum absolute atomic E-state index is 0. The van der Waals surface area contributed by atoms with Crippen LogP contribution in [-0.4, -0.2) is 9.97 Å². The molecule has 3 N–H and O–H groups in total. The lowest BCUT2D eigenvalue weighted by Crippen LogP contribution is -1.92. The molecule has 0 amide bonds. The van der Waals surface area contributed by atoms with Crippen molar-refractivity contribution in [2.24, 2.45) is 0 Å². The zero-order valence-electron chi connectivity index (χ0n) is 6.96. The van der Waals surface area contributed by atoms with Crippen molar-refractivity contribution in [2.75, 3.05) is 0 Å². The third kappa shape index (κ3) is 2.13. The molecule has 0 bridgehead atoms. The van der Waals surface area contributed by atoms with Crippen molar-refractivity contribution < 1.29 is 0 Å². The first-order valence-electron chi connectivity index (χ1n) is 3.16. The van der Waals surface area contributed by atoms with Gasteiger partial charge in [-0.1, -0.05) is 12.7 Å². The van der Waals surface area contributed by atoms with Crippen LogP contribution < -0.4 is 6.15 Å². The molecule has 0 aliphatic heterocycles. The van der Waals surface area contributed by atoms with Crippen molar-refractivity contribution >= 4 is 6.08 Å². The quantitative estimate of drug-likeness (QED) is 0.666. The van der Waals surface area contributed by atoms with E-state index < -0.39 is 0 Å². The van der Waals surface area contributed by atoms with Crippen molar-refractivity contribution in [3.8, 4) is 0 Å². The number of rotatable bonds is 1. The summed E-state index contributed by atoms with van der Waals surface area (Å²) in [5.74, 6) is 0.808. The fraction of sp³-hybridized carbons (Fsp3) is 0.250. The van der Waals surface area contributed by atoms with Gasteiger partial charge in [0.1, 0.15) is 5.82 Å². The molecule has 0 unspecified atom stereocenters. The van der Waals surface area contributed by atoms with Crippen LogP contribution in [0.5, 0.6) is 0 Å². The Labute approximate surface area is 66.8 Å². The summed E-state index contributed by atoms with van der Waals surface area (Å²) in [6.07, 6.45) is 3.54. The van der Waals surface area contributed by atoms with Gasteiger partial charge in [-0.25, -0.2) is 9.97 Å². The lowest BCUT2D eigenvalue weighted by atomic mass is 10.2.